The summed E-state index contributed by atoms with van der Waals surface area (Å²) in [6.45, 7) is 0. The van der Waals surface area contributed by atoms with Crippen molar-refractivity contribution in [2.24, 2.45) is 0 Å². The van der Waals surface area contributed by atoms with E-state index in [2.05, 4.69) is 176 Å². The van der Waals surface area contributed by atoms with Crippen molar-refractivity contribution in [3.05, 3.63) is 182 Å². The summed E-state index contributed by atoms with van der Waals surface area (Å²) in [5, 5.41) is 9.54. The van der Waals surface area contributed by atoms with Gasteiger partial charge in [0.15, 0.2) is 0 Å². The van der Waals surface area contributed by atoms with Crippen LogP contribution >= 0.6 is 0 Å². The van der Waals surface area contributed by atoms with E-state index < -0.39 is 0 Å². The van der Waals surface area contributed by atoms with Crippen LogP contribution in [0.4, 0.5) is 0 Å². The van der Waals surface area contributed by atoms with E-state index in [1.165, 1.54) is 66.1 Å². The first-order chi connectivity index (χ1) is 25.8. The fourth-order valence-corrected chi connectivity index (χ4v) is 8.67. The number of aromatic nitrogens is 2. The average molecular weight is 659 g/mol. The Morgan fingerprint density at radius 1 is 0.327 bits per heavy atom. The van der Waals surface area contributed by atoms with Crippen molar-refractivity contribution < 1.29 is 0 Å². The van der Waals surface area contributed by atoms with Crippen LogP contribution in [-0.4, -0.2) is 9.97 Å². The zero-order valence-electron chi connectivity index (χ0n) is 28.2. The van der Waals surface area contributed by atoms with Crippen molar-refractivity contribution in [3.63, 3.8) is 0 Å². The van der Waals surface area contributed by atoms with Gasteiger partial charge in [0.1, 0.15) is 0 Å². The molecule has 8 aromatic carbocycles. The van der Waals surface area contributed by atoms with Crippen LogP contribution in [0.15, 0.2) is 182 Å². The number of nitrogens with zero attached hydrogens (tertiary/aromatic N) is 2. The molecule has 240 valence electrons. The molecule has 11 rings (SSSR count). The van der Waals surface area contributed by atoms with Gasteiger partial charge in [-0.1, -0.05) is 164 Å². The van der Waals surface area contributed by atoms with Crippen LogP contribution in [0.1, 0.15) is 0 Å². The van der Waals surface area contributed by atoms with Gasteiger partial charge in [-0.25, -0.2) is 4.98 Å². The highest BCUT2D eigenvalue weighted by Crippen LogP contribution is 2.58. The molecule has 2 heteroatoms. The molecule has 10 aromatic rings. The molecule has 0 unspecified atom stereocenters. The van der Waals surface area contributed by atoms with Gasteiger partial charge >= 0.3 is 0 Å². The first-order valence-corrected chi connectivity index (χ1v) is 17.8. The Morgan fingerprint density at radius 3 is 1.52 bits per heavy atom. The minimum absolute atomic E-state index is 0.876. The van der Waals surface area contributed by atoms with Gasteiger partial charge in [0.2, 0.25) is 0 Å². The van der Waals surface area contributed by atoms with E-state index in [1.54, 1.807) is 0 Å². The second kappa shape index (κ2) is 11.3. The quantitative estimate of drug-likeness (QED) is 0.188. The zero-order chi connectivity index (χ0) is 34.2. The highest BCUT2D eigenvalue weighted by atomic mass is 14.8. The molecule has 0 fully saturated rings. The number of rotatable bonds is 4. The fourth-order valence-electron chi connectivity index (χ4n) is 8.67. The summed E-state index contributed by atoms with van der Waals surface area (Å²) >= 11 is 0. The van der Waals surface area contributed by atoms with E-state index in [0.717, 1.165) is 44.2 Å². The summed E-state index contributed by atoms with van der Waals surface area (Å²) in [5.41, 5.74) is 14.0. The SMILES string of the molecule is c1ccc(-c2c3c(c(-c4ccccc4)c4ccccc24)-c2ccc(-c4nc(-c5nccc6ccccc56)cc5ccccc45)c4cccc-3c24)cc1. The van der Waals surface area contributed by atoms with E-state index in [1.807, 2.05) is 6.20 Å². The number of hydrogen-bond donors (Lipinski definition) is 0. The third-order valence-corrected chi connectivity index (χ3v) is 10.8. The summed E-state index contributed by atoms with van der Waals surface area (Å²) in [6, 6.07) is 63.5. The predicted octanol–water partition coefficient (Wildman–Crippen LogP) is 13.4. The Kier molecular flexibility index (Phi) is 6.28. The number of fused-ring (bicyclic) bond motifs is 6. The Bertz CT molecular complexity index is 2960. The molecule has 0 atom stereocenters. The molecule has 2 heterocycles. The van der Waals surface area contributed by atoms with Gasteiger partial charge in [0, 0.05) is 22.5 Å². The highest BCUT2D eigenvalue weighted by molar-refractivity contribution is 6.29. The van der Waals surface area contributed by atoms with Crippen molar-refractivity contribution in [1.29, 1.82) is 0 Å². The molecule has 0 bridgehead atoms. The standard InChI is InChI=1S/C50H30N2/c1-3-15-32(16-4-1)44-37-22-11-12-23-38(37)45(33-17-5-2-6-18-33)48-42-27-26-40(39-24-13-25-41(46(39)42)47(44)48)49-36-21-10-8-19-34(36)30-43(52-49)50-35-20-9-7-14-31(35)28-29-51-50/h1-30H. The second-order valence-corrected chi connectivity index (χ2v) is 13.6. The summed E-state index contributed by atoms with van der Waals surface area (Å²) < 4.78 is 0. The van der Waals surface area contributed by atoms with Gasteiger partial charge in [-0.15, -0.1) is 0 Å². The van der Waals surface area contributed by atoms with E-state index in [4.69, 9.17) is 9.97 Å². The molecule has 0 radical (unpaired) electrons. The number of benzene rings is 8. The molecule has 2 nitrogen and oxygen atoms in total. The lowest BCUT2D eigenvalue weighted by molar-refractivity contribution is 1.28. The van der Waals surface area contributed by atoms with E-state index in [-0.39, 0.29) is 0 Å². The molecule has 52 heavy (non-hydrogen) atoms. The highest BCUT2D eigenvalue weighted by Gasteiger charge is 2.31. The maximum atomic E-state index is 5.48. The Hall–Kier alpha value is -6.90. The molecule has 1 aliphatic carbocycles. The lowest BCUT2D eigenvalue weighted by Gasteiger charge is -2.20. The molecule has 0 spiro atoms. The van der Waals surface area contributed by atoms with Crippen molar-refractivity contribution in [2.45, 2.75) is 0 Å². The third-order valence-electron chi connectivity index (χ3n) is 10.8. The molecular weight excluding hydrogens is 629 g/mol. The van der Waals surface area contributed by atoms with Crippen LogP contribution in [0.25, 0.3) is 110 Å². The maximum absolute atomic E-state index is 5.48. The van der Waals surface area contributed by atoms with E-state index in [9.17, 15) is 0 Å². The van der Waals surface area contributed by atoms with Gasteiger partial charge in [-0.2, -0.15) is 0 Å². The van der Waals surface area contributed by atoms with Crippen LogP contribution in [-0.2, 0) is 0 Å². The van der Waals surface area contributed by atoms with Crippen molar-refractivity contribution in [3.8, 4) is 67.2 Å². The van der Waals surface area contributed by atoms with Gasteiger partial charge < -0.3 is 0 Å². The van der Waals surface area contributed by atoms with Crippen LogP contribution in [0.5, 0.6) is 0 Å². The van der Waals surface area contributed by atoms with Crippen molar-refractivity contribution >= 4 is 43.1 Å². The Morgan fingerprint density at radius 2 is 0.846 bits per heavy atom. The zero-order valence-corrected chi connectivity index (χ0v) is 28.2. The summed E-state index contributed by atoms with van der Waals surface area (Å²) in [7, 11) is 0. The van der Waals surface area contributed by atoms with Gasteiger partial charge in [-0.3, -0.25) is 4.98 Å². The smallest absolute Gasteiger partial charge is 0.0964 e. The molecule has 0 aliphatic heterocycles. The van der Waals surface area contributed by atoms with Crippen LogP contribution in [0.2, 0.25) is 0 Å². The molecule has 0 amide bonds. The number of pyridine rings is 2. The summed E-state index contributed by atoms with van der Waals surface area (Å²) in [5.74, 6) is 0. The van der Waals surface area contributed by atoms with Crippen molar-refractivity contribution in [1.82, 2.24) is 9.97 Å². The number of hydrogen-bond acceptors (Lipinski definition) is 2. The maximum Gasteiger partial charge on any atom is 0.0964 e. The van der Waals surface area contributed by atoms with Gasteiger partial charge in [0.25, 0.3) is 0 Å². The predicted molar refractivity (Wildman–Crippen MR) is 218 cm³/mol. The topological polar surface area (TPSA) is 25.8 Å². The lowest BCUT2D eigenvalue weighted by Crippen LogP contribution is -1.95. The molecule has 0 saturated carbocycles. The van der Waals surface area contributed by atoms with Gasteiger partial charge in [0.05, 0.1) is 17.1 Å². The van der Waals surface area contributed by atoms with Gasteiger partial charge in [-0.05, 0) is 89.0 Å². The van der Waals surface area contributed by atoms with Crippen LogP contribution < -0.4 is 0 Å². The summed E-state index contributed by atoms with van der Waals surface area (Å²) in [6.07, 6.45) is 1.89. The molecule has 0 saturated heterocycles. The largest absolute Gasteiger partial charge is 0.254 e. The normalized spacial score (nSPS) is 11.8. The van der Waals surface area contributed by atoms with Crippen molar-refractivity contribution in [2.75, 3.05) is 0 Å². The molecular formula is C50H30N2. The molecule has 1 aliphatic rings. The second-order valence-electron chi connectivity index (χ2n) is 13.6. The van der Waals surface area contributed by atoms with E-state index in [0.29, 0.717) is 0 Å². The Balaban J connectivity index is 1.25. The minimum atomic E-state index is 0.876. The minimum Gasteiger partial charge on any atom is -0.254 e. The first-order valence-electron chi connectivity index (χ1n) is 17.8. The fraction of sp³-hybridized carbons (Fsp3) is 0. The lowest BCUT2D eigenvalue weighted by atomic mass is 9.82. The monoisotopic (exact) mass is 658 g/mol. The summed E-state index contributed by atoms with van der Waals surface area (Å²) in [4.78, 5) is 10.4. The van der Waals surface area contributed by atoms with Crippen LogP contribution in [0.3, 0.4) is 0 Å². The molecule has 2 aromatic heterocycles. The Labute approximate surface area is 301 Å². The average Bonchev–Trinajstić information content (AvgIpc) is 3.55. The van der Waals surface area contributed by atoms with Crippen LogP contribution in [0, 0.1) is 0 Å². The van der Waals surface area contributed by atoms with E-state index >= 15 is 0 Å². The first kappa shape index (κ1) is 28.9. The molecule has 0 N–H and O–H groups in total. The third kappa shape index (κ3) is 4.19.